The van der Waals surface area contributed by atoms with Crippen LogP contribution in [-0.2, 0) is 11.2 Å². The van der Waals surface area contributed by atoms with Gasteiger partial charge in [-0.2, -0.15) is 5.10 Å². The number of para-hydroxylation sites is 1. The predicted molar refractivity (Wildman–Crippen MR) is 107 cm³/mol. The Morgan fingerprint density at radius 3 is 2.64 bits per heavy atom. The SMILES string of the molecule is O=C(NCCc1cnn(-c2ccccc2)c1)c1ccc(N2CCOCC2)nc1. The molecule has 0 aliphatic carbocycles. The maximum absolute atomic E-state index is 12.3. The number of carbonyl (C=O) groups excluding carboxylic acids is 1. The minimum absolute atomic E-state index is 0.114. The van der Waals surface area contributed by atoms with Crippen LogP contribution in [0.15, 0.2) is 61.1 Å². The number of amides is 1. The molecule has 1 aliphatic heterocycles. The van der Waals surface area contributed by atoms with Crippen LogP contribution in [-0.4, -0.2) is 53.5 Å². The van der Waals surface area contributed by atoms with E-state index in [4.69, 9.17) is 4.74 Å². The van der Waals surface area contributed by atoms with Gasteiger partial charge >= 0.3 is 0 Å². The molecule has 0 saturated carbocycles. The van der Waals surface area contributed by atoms with Crippen LogP contribution in [0.4, 0.5) is 5.82 Å². The predicted octanol–water partition coefficient (Wildman–Crippen LogP) is 2.08. The normalized spacial score (nSPS) is 14.1. The number of rotatable bonds is 6. The molecule has 3 aromatic rings. The highest BCUT2D eigenvalue weighted by Gasteiger charge is 2.13. The second-order valence-corrected chi connectivity index (χ2v) is 6.64. The van der Waals surface area contributed by atoms with Gasteiger partial charge in [0.1, 0.15) is 5.82 Å². The van der Waals surface area contributed by atoms with Gasteiger partial charge in [-0.05, 0) is 36.2 Å². The van der Waals surface area contributed by atoms with E-state index in [1.54, 1.807) is 6.20 Å². The number of nitrogens with zero attached hydrogens (tertiary/aromatic N) is 4. The van der Waals surface area contributed by atoms with E-state index in [-0.39, 0.29) is 5.91 Å². The van der Waals surface area contributed by atoms with Gasteiger partial charge in [0.25, 0.3) is 5.91 Å². The average molecular weight is 377 g/mol. The molecule has 1 aromatic carbocycles. The second-order valence-electron chi connectivity index (χ2n) is 6.64. The zero-order valence-corrected chi connectivity index (χ0v) is 15.6. The van der Waals surface area contributed by atoms with Gasteiger partial charge in [0, 0.05) is 32.0 Å². The third-order valence-electron chi connectivity index (χ3n) is 4.70. The van der Waals surface area contributed by atoms with E-state index in [0.29, 0.717) is 25.3 Å². The van der Waals surface area contributed by atoms with Crippen LogP contribution in [0.1, 0.15) is 15.9 Å². The molecule has 0 unspecified atom stereocenters. The Hall–Kier alpha value is -3.19. The van der Waals surface area contributed by atoms with Crippen LogP contribution >= 0.6 is 0 Å². The molecule has 3 heterocycles. The van der Waals surface area contributed by atoms with Crippen molar-refractivity contribution in [3.63, 3.8) is 0 Å². The molecule has 1 N–H and O–H groups in total. The fourth-order valence-electron chi connectivity index (χ4n) is 3.13. The first kappa shape index (κ1) is 18.2. The Bertz CT molecular complexity index is 902. The Morgan fingerprint density at radius 1 is 1.07 bits per heavy atom. The van der Waals surface area contributed by atoms with E-state index < -0.39 is 0 Å². The lowest BCUT2D eigenvalue weighted by Crippen LogP contribution is -2.36. The topological polar surface area (TPSA) is 72.3 Å². The fraction of sp³-hybridized carbons (Fsp3) is 0.286. The Balaban J connectivity index is 1.28. The van der Waals surface area contributed by atoms with Crippen molar-refractivity contribution in [2.75, 3.05) is 37.7 Å². The van der Waals surface area contributed by atoms with Gasteiger partial charge in [-0.15, -0.1) is 0 Å². The standard InChI is InChI=1S/C21H23N5O2/c27-21(18-6-7-20(23-15-18)25-10-12-28-13-11-25)22-9-8-17-14-24-26(16-17)19-4-2-1-3-5-19/h1-7,14-16H,8-13H2,(H,22,27). The lowest BCUT2D eigenvalue weighted by Gasteiger charge is -2.27. The van der Waals surface area contributed by atoms with Gasteiger partial charge in [0.2, 0.25) is 0 Å². The number of hydrogen-bond donors (Lipinski definition) is 1. The first-order valence-electron chi connectivity index (χ1n) is 9.45. The summed E-state index contributed by atoms with van der Waals surface area (Å²) in [5.41, 5.74) is 2.66. The van der Waals surface area contributed by atoms with E-state index in [1.165, 1.54) is 0 Å². The van der Waals surface area contributed by atoms with Gasteiger partial charge in [-0.1, -0.05) is 18.2 Å². The number of aromatic nitrogens is 3. The molecule has 4 rings (SSSR count). The largest absolute Gasteiger partial charge is 0.378 e. The van der Waals surface area contributed by atoms with Crippen molar-refractivity contribution in [3.05, 3.63) is 72.2 Å². The molecule has 1 aliphatic rings. The van der Waals surface area contributed by atoms with Crippen molar-refractivity contribution in [2.45, 2.75) is 6.42 Å². The Labute approximate surface area is 164 Å². The Kier molecular flexibility index (Phi) is 5.63. The number of benzene rings is 1. The zero-order valence-electron chi connectivity index (χ0n) is 15.6. The van der Waals surface area contributed by atoms with Crippen LogP contribution in [0, 0.1) is 0 Å². The van der Waals surface area contributed by atoms with Crippen LogP contribution in [0.3, 0.4) is 0 Å². The van der Waals surface area contributed by atoms with Crippen molar-refractivity contribution >= 4 is 11.7 Å². The fourth-order valence-corrected chi connectivity index (χ4v) is 3.13. The molecule has 28 heavy (non-hydrogen) atoms. The number of ether oxygens (including phenoxy) is 1. The minimum atomic E-state index is -0.114. The lowest BCUT2D eigenvalue weighted by molar-refractivity contribution is 0.0953. The molecule has 1 saturated heterocycles. The summed E-state index contributed by atoms with van der Waals surface area (Å²) >= 11 is 0. The molecule has 144 valence electrons. The summed E-state index contributed by atoms with van der Waals surface area (Å²) in [5, 5.41) is 7.32. The number of carbonyl (C=O) groups is 1. The highest BCUT2D eigenvalue weighted by Crippen LogP contribution is 2.13. The van der Waals surface area contributed by atoms with E-state index in [0.717, 1.165) is 36.6 Å². The van der Waals surface area contributed by atoms with Crippen LogP contribution < -0.4 is 10.2 Å². The van der Waals surface area contributed by atoms with E-state index in [2.05, 4.69) is 20.3 Å². The summed E-state index contributed by atoms with van der Waals surface area (Å²) in [7, 11) is 0. The van der Waals surface area contributed by atoms with Crippen molar-refractivity contribution in [1.82, 2.24) is 20.1 Å². The number of nitrogens with one attached hydrogen (secondary N) is 1. The van der Waals surface area contributed by atoms with E-state index in [9.17, 15) is 4.79 Å². The maximum Gasteiger partial charge on any atom is 0.252 e. The summed E-state index contributed by atoms with van der Waals surface area (Å²) in [5.74, 6) is 0.768. The van der Waals surface area contributed by atoms with Gasteiger partial charge < -0.3 is 15.0 Å². The van der Waals surface area contributed by atoms with Gasteiger partial charge in [0.05, 0.1) is 30.7 Å². The molecular formula is C21H23N5O2. The first-order chi connectivity index (χ1) is 13.8. The van der Waals surface area contributed by atoms with Crippen molar-refractivity contribution < 1.29 is 9.53 Å². The molecule has 7 nitrogen and oxygen atoms in total. The summed E-state index contributed by atoms with van der Waals surface area (Å²) < 4.78 is 7.19. The quantitative estimate of drug-likeness (QED) is 0.712. The van der Waals surface area contributed by atoms with E-state index in [1.807, 2.05) is 59.5 Å². The van der Waals surface area contributed by atoms with Gasteiger partial charge in [-0.25, -0.2) is 9.67 Å². The smallest absolute Gasteiger partial charge is 0.252 e. The molecule has 0 bridgehead atoms. The van der Waals surface area contributed by atoms with Gasteiger partial charge in [-0.3, -0.25) is 4.79 Å². The molecular weight excluding hydrogens is 354 g/mol. The molecule has 0 spiro atoms. The summed E-state index contributed by atoms with van der Waals surface area (Å²) in [6.45, 7) is 3.63. The minimum Gasteiger partial charge on any atom is -0.378 e. The highest BCUT2D eigenvalue weighted by atomic mass is 16.5. The summed E-state index contributed by atoms with van der Waals surface area (Å²) in [6, 6.07) is 13.7. The number of pyridine rings is 1. The van der Waals surface area contributed by atoms with E-state index >= 15 is 0 Å². The summed E-state index contributed by atoms with van der Waals surface area (Å²) in [4.78, 5) is 18.9. The summed E-state index contributed by atoms with van der Waals surface area (Å²) in [6.07, 6.45) is 6.17. The van der Waals surface area contributed by atoms with Crippen LogP contribution in [0.2, 0.25) is 0 Å². The second kappa shape index (κ2) is 8.67. The Morgan fingerprint density at radius 2 is 1.89 bits per heavy atom. The zero-order chi connectivity index (χ0) is 19.2. The first-order valence-corrected chi connectivity index (χ1v) is 9.45. The highest BCUT2D eigenvalue weighted by molar-refractivity contribution is 5.94. The number of hydrogen-bond acceptors (Lipinski definition) is 5. The third kappa shape index (κ3) is 4.37. The monoisotopic (exact) mass is 377 g/mol. The third-order valence-corrected chi connectivity index (χ3v) is 4.70. The molecule has 2 aromatic heterocycles. The molecule has 0 radical (unpaired) electrons. The number of morpholine rings is 1. The number of anilines is 1. The molecule has 0 atom stereocenters. The van der Waals surface area contributed by atoms with Crippen molar-refractivity contribution in [3.8, 4) is 5.69 Å². The average Bonchev–Trinajstić information content (AvgIpc) is 3.24. The molecule has 1 amide bonds. The lowest BCUT2D eigenvalue weighted by atomic mass is 10.2. The van der Waals surface area contributed by atoms with Crippen LogP contribution in [0.25, 0.3) is 5.69 Å². The van der Waals surface area contributed by atoms with Gasteiger partial charge in [0.15, 0.2) is 0 Å². The van der Waals surface area contributed by atoms with Crippen molar-refractivity contribution in [1.29, 1.82) is 0 Å². The molecule has 7 heteroatoms. The van der Waals surface area contributed by atoms with Crippen molar-refractivity contribution in [2.24, 2.45) is 0 Å². The molecule has 1 fully saturated rings. The van der Waals surface area contributed by atoms with Crippen LogP contribution in [0.5, 0.6) is 0 Å². The maximum atomic E-state index is 12.3.